The minimum atomic E-state index is -0.951. The number of rotatable bonds is 5. The lowest BCUT2D eigenvalue weighted by Gasteiger charge is -2.28. The summed E-state index contributed by atoms with van der Waals surface area (Å²) in [5, 5.41) is 17.4. The van der Waals surface area contributed by atoms with Gasteiger partial charge in [-0.3, -0.25) is 9.59 Å². The molecule has 0 aromatic carbocycles. The second-order valence-corrected chi connectivity index (χ2v) is 3.77. The Balaban J connectivity index is 4.43. The molecule has 4 heteroatoms. The molecule has 0 radical (unpaired) electrons. The molecular formula is C9H16O4. The van der Waals surface area contributed by atoms with Crippen LogP contribution in [0.5, 0.6) is 0 Å². The first-order chi connectivity index (χ1) is 5.80. The first-order valence-electron chi connectivity index (χ1n) is 4.26. The molecule has 4 nitrogen and oxygen atoms in total. The summed E-state index contributed by atoms with van der Waals surface area (Å²) in [5.41, 5.74) is -0.932. The SMILES string of the molecule is CC(C)[C@](C)(CCC(=O)O)C(=O)O. The third-order valence-corrected chi connectivity index (χ3v) is 2.62. The van der Waals surface area contributed by atoms with E-state index in [-0.39, 0.29) is 18.8 Å². The monoisotopic (exact) mass is 188 g/mol. The van der Waals surface area contributed by atoms with Crippen molar-refractivity contribution in [2.75, 3.05) is 0 Å². The van der Waals surface area contributed by atoms with E-state index in [0.717, 1.165) is 0 Å². The minimum Gasteiger partial charge on any atom is -0.481 e. The number of hydrogen-bond acceptors (Lipinski definition) is 2. The lowest BCUT2D eigenvalue weighted by molar-refractivity contribution is -0.152. The Labute approximate surface area is 77.6 Å². The van der Waals surface area contributed by atoms with Gasteiger partial charge in [-0.15, -0.1) is 0 Å². The molecule has 0 saturated heterocycles. The number of aliphatic carboxylic acids is 2. The van der Waals surface area contributed by atoms with Crippen molar-refractivity contribution < 1.29 is 19.8 Å². The predicted octanol–water partition coefficient (Wildman–Crippen LogP) is 1.60. The number of carboxylic acids is 2. The van der Waals surface area contributed by atoms with E-state index < -0.39 is 17.4 Å². The van der Waals surface area contributed by atoms with Gasteiger partial charge in [0.05, 0.1) is 5.41 Å². The Morgan fingerprint density at radius 1 is 1.31 bits per heavy atom. The summed E-state index contributed by atoms with van der Waals surface area (Å²) in [6, 6.07) is 0. The quantitative estimate of drug-likeness (QED) is 0.687. The van der Waals surface area contributed by atoms with Gasteiger partial charge in [-0.05, 0) is 19.3 Å². The highest BCUT2D eigenvalue weighted by Crippen LogP contribution is 2.32. The van der Waals surface area contributed by atoms with E-state index in [0.29, 0.717) is 0 Å². The molecule has 0 saturated carbocycles. The van der Waals surface area contributed by atoms with Gasteiger partial charge < -0.3 is 10.2 Å². The molecule has 0 bridgehead atoms. The fourth-order valence-corrected chi connectivity index (χ4v) is 1.01. The highest BCUT2D eigenvalue weighted by atomic mass is 16.4. The fourth-order valence-electron chi connectivity index (χ4n) is 1.01. The molecule has 13 heavy (non-hydrogen) atoms. The molecule has 0 rings (SSSR count). The van der Waals surface area contributed by atoms with Crippen LogP contribution < -0.4 is 0 Å². The largest absolute Gasteiger partial charge is 0.481 e. The Morgan fingerprint density at radius 3 is 2.00 bits per heavy atom. The molecule has 0 fully saturated rings. The van der Waals surface area contributed by atoms with E-state index in [1.807, 2.05) is 0 Å². The van der Waals surface area contributed by atoms with Crippen LogP contribution in [-0.4, -0.2) is 22.2 Å². The molecule has 0 aliphatic heterocycles. The zero-order chi connectivity index (χ0) is 10.6. The van der Waals surface area contributed by atoms with Gasteiger partial charge in [0.15, 0.2) is 0 Å². The molecular weight excluding hydrogens is 172 g/mol. The summed E-state index contributed by atoms with van der Waals surface area (Å²) in [4.78, 5) is 21.2. The van der Waals surface area contributed by atoms with Crippen LogP contribution in [0.2, 0.25) is 0 Å². The van der Waals surface area contributed by atoms with Crippen molar-refractivity contribution in [1.29, 1.82) is 0 Å². The highest BCUT2D eigenvalue weighted by molar-refractivity contribution is 5.75. The van der Waals surface area contributed by atoms with Gasteiger partial charge in [0.1, 0.15) is 0 Å². The maximum atomic E-state index is 10.9. The zero-order valence-electron chi connectivity index (χ0n) is 8.20. The van der Waals surface area contributed by atoms with Crippen LogP contribution in [0.3, 0.4) is 0 Å². The molecule has 0 unspecified atom stereocenters. The third kappa shape index (κ3) is 3.05. The van der Waals surface area contributed by atoms with Crippen molar-refractivity contribution in [3.05, 3.63) is 0 Å². The first kappa shape index (κ1) is 11.9. The predicted molar refractivity (Wildman–Crippen MR) is 47.5 cm³/mol. The Kier molecular flexibility index (Phi) is 3.91. The second kappa shape index (κ2) is 4.25. The molecule has 0 amide bonds. The van der Waals surface area contributed by atoms with Crippen LogP contribution in [0.25, 0.3) is 0 Å². The minimum absolute atomic E-state index is 0.0654. The summed E-state index contributed by atoms with van der Waals surface area (Å²) >= 11 is 0. The second-order valence-electron chi connectivity index (χ2n) is 3.77. The molecule has 0 aromatic heterocycles. The maximum Gasteiger partial charge on any atom is 0.309 e. The fraction of sp³-hybridized carbons (Fsp3) is 0.778. The molecule has 0 spiro atoms. The topological polar surface area (TPSA) is 74.6 Å². The standard InChI is InChI=1S/C9H16O4/c1-6(2)9(3,8(12)13)5-4-7(10)11/h6H,4-5H2,1-3H3,(H,10,11)(H,12,13)/t9-/m0/s1. The van der Waals surface area contributed by atoms with Crippen LogP contribution in [0.4, 0.5) is 0 Å². The summed E-state index contributed by atoms with van der Waals surface area (Å²) in [5.74, 6) is -1.94. The van der Waals surface area contributed by atoms with Crippen LogP contribution in [0.1, 0.15) is 33.6 Å². The van der Waals surface area contributed by atoms with Crippen LogP contribution in [0.15, 0.2) is 0 Å². The van der Waals surface area contributed by atoms with E-state index in [1.54, 1.807) is 20.8 Å². The lowest BCUT2D eigenvalue weighted by atomic mass is 9.75. The van der Waals surface area contributed by atoms with Gasteiger partial charge in [0.2, 0.25) is 0 Å². The van der Waals surface area contributed by atoms with Crippen molar-refractivity contribution in [3.63, 3.8) is 0 Å². The van der Waals surface area contributed by atoms with Crippen molar-refractivity contribution in [2.45, 2.75) is 33.6 Å². The summed E-state index contributed by atoms with van der Waals surface area (Å²) in [6.07, 6.45) is 0.0797. The molecule has 0 aromatic rings. The third-order valence-electron chi connectivity index (χ3n) is 2.62. The molecule has 76 valence electrons. The highest BCUT2D eigenvalue weighted by Gasteiger charge is 2.36. The molecule has 1 atom stereocenters. The van der Waals surface area contributed by atoms with Gasteiger partial charge in [0.25, 0.3) is 0 Å². The zero-order valence-corrected chi connectivity index (χ0v) is 8.20. The Hall–Kier alpha value is -1.06. The average molecular weight is 188 g/mol. The van der Waals surface area contributed by atoms with E-state index in [9.17, 15) is 9.59 Å². The molecule has 0 aliphatic rings. The number of carboxylic acid groups (broad SMARTS) is 2. The average Bonchev–Trinajstić information content (AvgIpc) is 1.99. The van der Waals surface area contributed by atoms with Gasteiger partial charge in [-0.25, -0.2) is 0 Å². The summed E-state index contributed by atoms with van der Waals surface area (Å²) in [6.45, 7) is 5.16. The van der Waals surface area contributed by atoms with Gasteiger partial charge in [-0.2, -0.15) is 0 Å². The van der Waals surface area contributed by atoms with Gasteiger partial charge in [-0.1, -0.05) is 13.8 Å². The smallest absolute Gasteiger partial charge is 0.309 e. The van der Waals surface area contributed by atoms with Gasteiger partial charge in [0, 0.05) is 6.42 Å². The number of hydrogen-bond donors (Lipinski definition) is 2. The van der Waals surface area contributed by atoms with E-state index in [4.69, 9.17) is 10.2 Å². The van der Waals surface area contributed by atoms with Crippen LogP contribution in [0, 0.1) is 11.3 Å². The van der Waals surface area contributed by atoms with E-state index in [1.165, 1.54) is 0 Å². The normalized spacial score (nSPS) is 15.4. The molecule has 0 aliphatic carbocycles. The van der Waals surface area contributed by atoms with Crippen molar-refractivity contribution in [1.82, 2.24) is 0 Å². The van der Waals surface area contributed by atoms with E-state index in [2.05, 4.69) is 0 Å². The maximum absolute atomic E-state index is 10.9. The van der Waals surface area contributed by atoms with Crippen LogP contribution >= 0.6 is 0 Å². The molecule has 2 N–H and O–H groups in total. The number of carbonyl (C=O) groups is 2. The summed E-state index contributed by atoms with van der Waals surface area (Å²) < 4.78 is 0. The first-order valence-corrected chi connectivity index (χ1v) is 4.26. The van der Waals surface area contributed by atoms with Crippen molar-refractivity contribution in [2.24, 2.45) is 11.3 Å². The lowest BCUT2D eigenvalue weighted by Crippen LogP contribution is -2.33. The van der Waals surface area contributed by atoms with Gasteiger partial charge >= 0.3 is 11.9 Å². The van der Waals surface area contributed by atoms with Crippen molar-refractivity contribution >= 4 is 11.9 Å². The van der Waals surface area contributed by atoms with E-state index >= 15 is 0 Å². The molecule has 0 heterocycles. The Bertz CT molecular complexity index is 210. The Morgan fingerprint density at radius 2 is 1.77 bits per heavy atom. The van der Waals surface area contributed by atoms with Crippen LogP contribution in [-0.2, 0) is 9.59 Å². The van der Waals surface area contributed by atoms with Crippen molar-refractivity contribution in [3.8, 4) is 0 Å². The summed E-state index contributed by atoms with van der Waals surface area (Å²) in [7, 11) is 0.